The maximum absolute atomic E-state index is 13.0. The molecule has 1 aliphatic heterocycles. The van der Waals surface area contributed by atoms with Crippen LogP contribution in [0.4, 0.5) is 0 Å². The Morgan fingerprint density at radius 2 is 1.79 bits per heavy atom. The first-order valence-corrected chi connectivity index (χ1v) is 16.2. The van der Waals surface area contributed by atoms with E-state index in [1.807, 2.05) is 0 Å². The molecule has 248 valence electrons. The predicted octanol–water partition coefficient (Wildman–Crippen LogP) is 4.89. The zero-order chi connectivity index (χ0) is 32.3. The van der Waals surface area contributed by atoms with Gasteiger partial charge >= 0.3 is 5.63 Å². The molecule has 0 bridgehead atoms. The molecule has 0 saturated carbocycles. The fourth-order valence-electron chi connectivity index (χ4n) is 6.22. The summed E-state index contributed by atoms with van der Waals surface area (Å²) >= 11 is 0. The molecule has 0 aromatic carbocycles. The molecule has 0 amide bonds. The van der Waals surface area contributed by atoms with Crippen LogP contribution in [0, 0.1) is 17.8 Å². The number of hydrogen-bond acceptors (Lipinski definition) is 9. The van der Waals surface area contributed by atoms with Crippen LogP contribution in [-0.4, -0.2) is 68.3 Å². The van der Waals surface area contributed by atoms with Gasteiger partial charge < -0.3 is 39.8 Å². The summed E-state index contributed by atoms with van der Waals surface area (Å²) in [5.41, 5.74) is -0.992. The number of aliphatic hydroxyl groups excluding tert-OH is 5. The molecule has 1 aromatic heterocycles. The van der Waals surface area contributed by atoms with Crippen molar-refractivity contribution in [3.05, 3.63) is 39.5 Å². The third kappa shape index (κ3) is 11.0. The first-order valence-electron chi connectivity index (χ1n) is 16.2. The van der Waals surface area contributed by atoms with Crippen molar-refractivity contribution in [1.82, 2.24) is 0 Å². The molecule has 1 saturated heterocycles. The van der Waals surface area contributed by atoms with Gasteiger partial charge in [-0.1, -0.05) is 78.4 Å². The van der Waals surface area contributed by atoms with Crippen LogP contribution in [0.2, 0.25) is 0 Å². The van der Waals surface area contributed by atoms with Gasteiger partial charge in [0.05, 0.1) is 24.9 Å². The molecule has 8 atom stereocenters. The van der Waals surface area contributed by atoms with E-state index in [9.17, 15) is 35.4 Å². The highest BCUT2D eigenvalue weighted by Crippen LogP contribution is 2.38. The molecule has 2 heterocycles. The van der Waals surface area contributed by atoms with E-state index in [2.05, 4.69) is 33.8 Å². The van der Waals surface area contributed by atoms with Crippen molar-refractivity contribution >= 4 is 0 Å². The minimum absolute atomic E-state index is 0.0106. The second kappa shape index (κ2) is 17.7. The zero-order valence-corrected chi connectivity index (χ0v) is 27.2. The van der Waals surface area contributed by atoms with Gasteiger partial charge in [-0.15, -0.1) is 0 Å². The lowest BCUT2D eigenvalue weighted by Gasteiger charge is -2.36. The summed E-state index contributed by atoms with van der Waals surface area (Å²) in [5, 5.41) is 61.9. The summed E-state index contributed by atoms with van der Waals surface area (Å²) in [6.45, 7) is 11.9. The van der Waals surface area contributed by atoms with Gasteiger partial charge in [0, 0.05) is 30.4 Å². The average Bonchev–Trinajstić information content (AvgIpc) is 2.95. The van der Waals surface area contributed by atoms with Gasteiger partial charge in [-0.3, -0.25) is 0 Å². The Bertz CT molecular complexity index is 1050. The average molecular weight is 611 g/mol. The lowest BCUT2D eigenvalue weighted by atomic mass is 9.79. The summed E-state index contributed by atoms with van der Waals surface area (Å²) < 4.78 is 11.1. The van der Waals surface area contributed by atoms with E-state index in [1.54, 1.807) is 13.8 Å². The molecule has 4 unspecified atom stereocenters. The minimum Gasteiger partial charge on any atom is -0.507 e. The molecule has 9 heteroatoms. The molecule has 6 N–H and O–H groups in total. The summed E-state index contributed by atoms with van der Waals surface area (Å²) in [5.74, 6) is 0.519. The van der Waals surface area contributed by atoms with Gasteiger partial charge in [0.25, 0.3) is 0 Å². The molecule has 1 aromatic rings. The molecule has 2 rings (SSSR count). The molecule has 0 aliphatic carbocycles. The van der Waals surface area contributed by atoms with Crippen molar-refractivity contribution in [2.24, 2.45) is 17.8 Å². The summed E-state index contributed by atoms with van der Waals surface area (Å²) in [7, 11) is 0. The molecular weight excluding hydrogens is 552 g/mol. The summed E-state index contributed by atoms with van der Waals surface area (Å²) in [4.78, 5) is 13.0. The second-order valence-corrected chi connectivity index (χ2v) is 13.6. The minimum atomic E-state index is -1.48. The van der Waals surface area contributed by atoms with Crippen LogP contribution in [0.25, 0.3) is 0 Å². The Kier molecular flexibility index (Phi) is 15.4. The number of rotatable bonds is 18. The summed E-state index contributed by atoms with van der Waals surface area (Å²) in [6, 6.07) is 1.24. The molecule has 0 radical (unpaired) electrons. The highest BCUT2D eigenvalue weighted by molar-refractivity contribution is 5.35. The van der Waals surface area contributed by atoms with Crippen LogP contribution in [0.5, 0.6) is 5.75 Å². The Morgan fingerprint density at radius 1 is 1.09 bits per heavy atom. The van der Waals surface area contributed by atoms with Crippen LogP contribution < -0.4 is 5.63 Å². The topological polar surface area (TPSA) is 161 Å². The van der Waals surface area contributed by atoms with E-state index in [4.69, 9.17) is 9.15 Å². The van der Waals surface area contributed by atoms with E-state index < -0.39 is 53.9 Å². The number of aromatic hydroxyl groups is 1. The van der Waals surface area contributed by atoms with E-state index in [0.717, 1.165) is 12.8 Å². The monoisotopic (exact) mass is 610 g/mol. The van der Waals surface area contributed by atoms with Crippen molar-refractivity contribution in [3.8, 4) is 5.75 Å². The molecule has 1 aliphatic rings. The number of ether oxygens (including phenoxy) is 1. The summed E-state index contributed by atoms with van der Waals surface area (Å²) in [6.07, 6.45) is 5.65. The maximum atomic E-state index is 13.0. The van der Waals surface area contributed by atoms with Crippen LogP contribution in [0.1, 0.15) is 123 Å². The number of allylic oxidation sites excluding steroid dienone is 1. The van der Waals surface area contributed by atoms with Gasteiger partial charge in [-0.2, -0.15) is 0 Å². The van der Waals surface area contributed by atoms with E-state index >= 15 is 0 Å². The quantitative estimate of drug-likeness (QED) is 0.100. The third-order valence-corrected chi connectivity index (χ3v) is 9.08. The maximum Gasteiger partial charge on any atom is 0.345 e. The highest BCUT2D eigenvalue weighted by atomic mass is 16.5. The van der Waals surface area contributed by atoms with E-state index in [-0.39, 0.29) is 36.2 Å². The van der Waals surface area contributed by atoms with Crippen molar-refractivity contribution in [1.29, 1.82) is 0 Å². The van der Waals surface area contributed by atoms with Crippen molar-refractivity contribution in [2.45, 2.75) is 142 Å². The normalized spacial score (nSPS) is 24.5. The number of aliphatic hydroxyl groups is 5. The first kappa shape index (κ1) is 37.4. The highest BCUT2D eigenvalue weighted by Gasteiger charge is 2.42. The van der Waals surface area contributed by atoms with Gasteiger partial charge in [-0.05, 0) is 44.4 Å². The smallest absolute Gasteiger partial charge is 0.345 e. The number of hydrogen-bond donors (Lipinski definition) is 6. The van der Waals surface area contributed by atoms with Crippen LogP contribution in [0.15, 0.2) is 26.9 Å². The van der Waals surface area contributed by atoms with Crippen LogP contribution in [0.3, 0.4) is 0 Å². The Labute approximate surface area is 257 Å². The van der Waals surface area contributed by atoms with Gasteiger partial charge in [0.15, 0.2) is 0 Å². The predicted molar refractivity (Wildman–Crippen MR) is 167 cm³/mol. The SMILES string of the molecule is CCCCCCC(C)C/C(C)=C\C(CO)CC(C)CCC(O)C(C)(C)c1cc(O)c([C@H]2O[C@@H](CO)C[C@@H](O)[C@@H]2O)c(=O)o1. The van der Waals surface area contributed by atoms with Gasteiger partial charge in [-0.25, -0.2) is 4.79 Å². The Morgan fingerprint density at radius 3 is 2.40 bits per heavy atom. The standard InChI is InChI=1S/C34H58O9/c1-7-8-9-10-11-21(2)14-23(4)16-24(19-35)15-22(3)12-13-28(39)34(5,6)29-18-26(37)30(33(41)43-29)32-31(40)27(38)17-25(20-36)42-32/h16,18,21-22,24-25,27-28,31-32,35-40H,7-15,17,19-20H2,1-6H3/b23-16-/t21?,22?,24?,25-,27-,28?,31+,32-/m1/s1. The third-order valence-electron chi connectivity index (χ3n) is 9.08. The Hall–Kier alpha value is -1.75. The van der Waals surface area contributed by atoms with Gasteiger partial charge in [0.1, 0.15) is 29.3 Å². The number of unbranched alkanes of at least 4 members (excludes halogenated alkanes) is 3. The van der Waals surface area contributed by atoms with Crippen LogP contribution >= 0.6 is 0 Å². The molecule has 0 spiro atoms. The molecule has 43 heavy (non-hydrogen) atoms. The van der Waals surface area contributed by atoms with Gasteiger partial charge in [0.2, 0.25) is 0 Å². The van der Waals surface area contributed by atoms with E-state index in [0.29, 0.717) is 18.8 Å². The fourth-order valence-corrected chi connectivity index (χ4v) is 6.22. The largest absolute Gasteiger partial charge is 0.507 e. The van der Waals surface area contributed by atoms with Crippen molar-refractivity contribution in [2.75, 3.05) is 13.2 Å². The molecular formula is C34H58O9. The first-order chi connectivity index (χ1) is 20.2. The lowest BCUT2D eigenvalue weighted by Crippen LogP contribution is -2.46. The molecule has 9 nitrogen and oxygen atoms in total. The zero-order valence-electron chi connectivity index (χ0n) is 27.2. The molecule has 1 fully saturated rings. The van der Waals surface area contributed by atoms with Crippen molar-refractivity contribution < 1.29 is 39.8 Å². The van der Waals surface area contributed by atoms with Crippen LogP contribution in [-0.2, 0) is 10.2 Å². The fraction of sp³-hybridized carbons (Fsp3) is 0.794. The lowest BCUT2D eigenvalue weighted by molar-refractivity contribution is -0.180. The second-order valence-electron chi connectivity index (χ2n) is 13.6. The Balaban J connectivity index is 2.00. The van der Waals surface area contributed by atoms with E-state index in [1.165, 1.54) is 43.7 Å². The van der Waals surface area contributed by atoms with Crippen molar-refractivity contribution in [3.63, 3.8) is 0 Å².